The van der Waals surface area contributed by atoms with E-state index in [0.717, 1.165) is 21.8 Å². The lowest BCUT2D eigenvalue weighted by atomic mass is 10.1. The molecule has 0 aliphatic carbocycles. The quantitative estimate of drug-likeness (QED) is 0.267. The standard InChI is InChI=1S/C29H28N6O3S/c1-3-25(29(37)30-21-13-15-22(38-2)16-14-21)34(17-27-31-24(19-39-27)20-9-5-4-6-10-20)28(36)18-35-26-12-8-7-11-23(26)32-33-35/h4-16,19,25H,3,17-18H2,1-2H3,(H,30,37). The van der Waals surface area contributed by atoms with E-state index in [2.05, 4.69) is 15.6 Å². The average Bonchev–Trinajstić information content (AvgIpc) is 3.61. The van der Waals surface area contributed by atoms with E-state index in [9.17, 15) is 9.59 Å². The Bertz CT molecular complexity index is 1570. The number of hydrogen-bond acceptors (Lipinski definition) is 7. The van der Waals surface area contributed by atoms with Crippen LogP contribution in [-0.2, 0) is 22.7 Å². The monoisotopic (exact) mass is 540 g/mol. The third-order valence-electron chi connectivity index (χ3n) is 6.38. The molecule has 2 heterocycles. The number of thiazole rings is 1. The number of hydrogen-bond donors (Lipinski definition) is 1. The molecule has 5 aromatic rings. The molecule has 1 N–H and O–H groups in total. The molecule has 9 nitrogen and oxygen atoms in total. The van der Waals surface area contributed by atoms with Crippen molar-refractivity contribution >= 4 is 39.9 Å². The van der Waals surface area contributed by atoms with Crippen molar-refractivity contribution in [3.8, 4) is 17.0 Å². The zero-order valence-corrected chi connectivity index (χ0v) is 22.5. The van der Waals surface area contributed by atoms with Crippen LogP contribution in [0.5, 0.6) is 5.75 Å². The Labute approximate surface area is 230 Å². The van der Waals surface area contributed by atoms with Crippen molar-refractivity contribution < 1.29 is 14.3 Å². The summed E-state index contributed by atoms with van der Waals surface area (Å²) in [5.74, 6) is 0.160. The SMILES string of the molecule is CCC(C(=O)Nc1ccc(OC)cc1)N(Cc1nc(-c2ccccc2)cs1)C(=O)Cn1nnc2ccccc21. The van der Waals surface area contributed by atoms with Gasteiger partial charge in [-0.1, -0.05) is 54.6 Å². The van der Waals surface area contributed by atoms with Crippen molar-refractivity contribution in [3.05, 3.63) is 89.3 Å². The van der Waals surface area contributed by atoms with Crippen molar-refractivity contribution in [1.82, 2.24) is 24.9 Å². The van der Waals surface area contributed by atoms with Crippen LogP contribution in [-0.4, -0.2) is 49.8 Å². The molecule has 0 spiro atoms. The molecule has 0 aliphatic heterocycles. The number of nitrogens with one attached hydrogen (secondary N) is 1. The van der Waals surface area contributed by atoms with Gasteiger partial charge in [0.1, 0.15) is 28.9 Å². The summed E-state index contributed by atoms with van der Waals surface area (Å²) in [6.07, 6.45) is 0.419. The fourth-order valence-electron chi connectivity index (χ4n) is 4.34. The minimum Gasteiger partial charge on any atom is -0.497 e. The molecule has 1 atom stereocenters. The van der Waals surface area contributed by atoms with E-state index in [0.29, 0.717) is 23.4 Å². The molecular formula is C29H28N6O3S. The fraction of sp³-hybridized carbons (Fsp3) is 0.207. The van der Waals surface area contributed by atoms with Crippen molar-refractivity contribution in [2.24, 2.45) is 0 Å². The summed E-state index contributed by atoms with van der Waals surface area (Å²) in [7, 11) is 1.59. The van der Waals surface area contributed by atoms with Gasteiger partial charge in [0.05, 0.1) is 24.9 Å². The third kappa shape index (κ3) is 5.96. The Hall–Kier alpha value is -4.57. The molecule has 0 bridgehead atoms. The van der Waals surface area contributed by atoms with Gasteiger partial charge in [0.2, 0.25) is 11.8 Å². The summed E-state index contributed by atoms with van der Waals surface area (Å²) < 4.78 is 6.77. The second-order valence-corrected chi connectivity index (χ2v) is 9.83. The highest BCUT2D eigenvalue weighted by Crippen LogP contribution is 2.24. The van der Waals surface area contributed by atoms with Gasteiger partial charge in [-0.25, -0.2) is 9.67 Å². The fourth-order valence-corrected chi connectivity index (χ4v) is 5.14. The van der Waals surface area contributed by atoms with Crippen LogP contribution in [0.15, 0.2) is 84.2 Å². The van der Waals surface area contributed by atoms with Gasteiger partial charge in [-0.3, -0.25) is 9.59 Å². The second-order valence-electron chi connectivity index (χ2n) is 8.89. The number of para-hydroxylation sites is 1. The summed E-state index contributed by atoms with van der Waals surface area (Å²) in [6, 6.07) is 23.7. The van der Waals surface area contributed by atoms with Crippen molar-refractivity contribution in [2.75, 3.05) is 12.4 Å². The van der Waals surface area contributed by atoms with Crippen molar-refractivity contribution in [1.29, 1.82) is 0 Å². The molecule has 3 aromatic carbocycles. The Morgan fingerprint density at radius 2 is 1.77 bits per heavy atom. The minimum atomic E-state index is -0.724. The van der Waals surface area contributed by atoms with Gasteiger partial charge in [-0.2, -0.15) is 0 Å². The van der Waals surface area contributed by atoms with Crippen LogP contribution in [0.3, 0.4) is 0 Å². The van der Waals surface area contributed by atoms with Crippen LogP contribution in [0, 0.1) is 0 Å². The number of carbonyl (C=O) groups is 2. The topological polar surface area (TPSA) is 102 Å². The molecule has 0 aliphatic rings. The first-order chi connectivity index (χ1) is 19.1. The van der Waals surface area contributed by atoms with Crippen molar-refractivity contribution in [3.63, 3.8) is 0 Å². The molecule has 39 heavy (non-hydrogen) atoms. The number of ether oxygens (including phenoxy) is 1. The number of aromatic nitrogens is 4. The van der Waals surface area contributed by atoms with Gasteiger partial charge in [-0.05, 0) is 42.8 Å². The van der Waals surface area contributed by atoms with Gasteiger partial charge < -0.3 is 15.0 Å². The predicted octanol–water partition coefficient (Wildman–Crippen LogP) is 5.01. The zero-order chi connectivity index (χ0) is 27.2. The smallest absolute Gasteiger partial charge is 0.247 e. The van der Waals surface area contributed by atoms with Crippen LogP contribution in [0.1, 0.15) is 18.4 Å². The number of fused-ring (bicyclic) bond motifs is 1. The molecule has 2 amide bonds. The molecule has 10 heteroatoms. The number of anilines is 1. The summed E-state index contributed by atoms with van der Waals surface area (Å²) in [5, 5.41) is 14.0. The van der Waals surface area contributed by atoms with Gasteiger partial charge in [0, 0.05) is 16.6 Å². The zero-order valence-electron chi connectivity index (χ0n) is 21.7. The highest BCUT2D eigenvalue weighted by atomic mass is 32.1. The van der Waals surface area contributed by atoms with Gasteiger partial charge in [0.15, 0.2) is 0 Å². The molecule has 5 rings (SSSR count). The molecule has 2 aromatic heterocycles. The molecule has 0 radical (unpaired) electrons. The van der Waals surface area contributed by atoms with Crippen LogP contribution < -0.4 is 10.1 Å². The summed E-state index contributed by atoms with van der Waals surface area (Å²) in [5.41, 5.74) is 3.91. The molecule has 0 fully saturated rings. The molecule has 1 unspecified atom stereocenters. The largest absolute Gasteiger partial charge is 0.497 e. The first-order valence-corrected chi connectivity index (χ1v) is 13.5. The minimum absolute atomic E-state index is 0.0518. The van der Waals surface area contributed by atoms with Crippen LogP contribution in [0.2, 0.25) is 0 Å². The first kappa shape index (κ1) is 26.1. The number of methoxy groups -OCH3 is 1. The van der Waals surface area contributed by atoms with E-state index < -0.39 is 6.04 Å². The Morgan fingerprint density at radius 1 is 1.03 bits per heavy atom. The van der Waals surface area contributed by atoms with Gasteiger partial charge in [0.25, 0.3) is 0 Å². The molecular weight excluding hydrogens is 512 g/mol. The van der Waals surface area contributed by atoms with E-state index >= 15 is 0 Å². The lowest BCUT2D eigenvalue weighted by Gasteiger charge is -2.29. The Balaban J connectivity index is 1.42. The Morgan fingerprint density at radius 3 is 2.51 bits per heavy atom. The number of carbonyl (C=O) groups excluding carboxylic acids is 2. The maximum atomic E-state index is 13.8. The number of nitrogens with zero attached hydrogens (tertiary/aromatic N) is 5. The average molecular weight is 541 g/mol. The Kier molecular flexibility index (Phi) is 7.93. The third-order valence-corrected chi connectivity index (χ3v) is 7.21. The van der Waals surface area contributed by atoms with Crippen molar-refractivity contribution in [2.45, 2.75) is 32.5 Å². The number of amides is 2. The molecule has 0 saturated heterocycles. The normalized spacial score (nSPS) is 11.7. The maximum Gasteiger partial charge on any atom is 0.247 e. The second kappa shape index (κ2) is 11.9. The summed E-state index contributed by atoms with van der Waals surface area (Å²) in [4.78, 5) is 33.6. The van der Waals surface area contributed by atoms with E-state index in [1.807, 2.05) is 66.9 Å². The predicted molar refractivity (Wildman–Crippen MR) is 151 cm³/mol. The number of rotatable bonds is 10. The van der Waals surface area contributed by atoms with Crippen LogP contribution >= 0.6 is 11.3 Å². The highest BCUT2D eigenvalue weighted by Gasteiger charge is 2.30. The lowest BCUT2D eigenvalue weighted by Crippen LogP contribution is -2.47. The summed E-state index contributed by atoms with van der Waals surface area (Å²) in [6.45, 7) is 2.03. The van der Waals surface area contributed by atoms with E-state index in [-0.39, 0.29) is 24.9 Å². The van der Waals surface area contributed by atoms with Crippen LogP contribution in [0.4, 0.5) is 5.69 Å². The first-order valence-electron chi connectivity index (χ1n) is 12.6. The molecule has 198 valence electrons. The van der Waals surface area contributed by atoms with E-state index in [4.69, 9.17) is 9.72 Å². The lowest BCUT2D eigenvalue weighted by molar-refractivity contribution is -0.140. The van der Waals surface area contributed by atoms with E-state index in [1.54, 1.807) is 41.0 Å². The molecule has 0 saturated carbocycles. The van der Waals surface area contributed by atoms with Gasteiger partial charge in [-0.15, -0.1) is 16.4 Å². The maximum absolute atomic E-state index is 13.8. The number of benzene rings is 3. The highest BCUT2D eigenvalue weighted by molar-refractivity contribution is 7.09. The summed E-state index contributed by atoms with van der Waals surface area (Å²) >= 11 is 1.46. The van der Waals surface area contributed by atoms with Crippen LogP contribution in [0.25, 0.3) is 22.3 Å². The van der Waals surface area contributed by atoms with Gasteiger partial charge >= 0.3 is 0 Å². The van der Waals surface area contributed by atoms with E-state index in [1.165, 1.54) is 11.3 Å².